The molecule has 2 nitrogen and oxygen atoms in total. The molecule has 1 rings (SSSR count). The fourth-order valence-corrected chi connectivity index (χ4v) is 1.52. The van der Waals surface area contributed by atoms with Crippen molar-refractivity contribution in [3.05, 3.63) is 28.0 Å². The van der Waals surface area contributed by atoms with Gasteiger partial charge in [0.2, 0.25) is 0 Å². The van der Waals surface area contributed by atoms with Crippen LogP contribution in [0.1, 0.15) is 35.8 Å². The van der Waals surface area contributed by atoms with Crippen molar-refractivity contribution in [2.24, 2.45) is 0 Å². The van der Waals surface area contributed by atoms with Gasteiger partial charge in [-0.2, -0.15) is 0 Å². The van der Waals surface area contributed by atoms with E-state index < -0.39 is 0 Å². The minimum absolute atomic E-state index is 0.611. The van der Waals surface area contributed by atoms with Crippen molar-refractivity contribution in [1.29, 1.82) is 0 Å². The predicted molar refractivity (Wildman–Crippen MR) is 55.9 cm³/mol. The lowest BCUT2D eigenvalue weighted by Gasteiger charge is -2.00. The Morgan fingerprint density at radius 1 is 1.54 bits per heavy atom. The van der Waals surface area contributed by atoms with Crippen molar-refractivity contribution >= 4 is 22.2 Å². The van der Waals surface area contributed by atoms with Gasteiger partial charge in [-0.1, -0.05) is 13.3 Å². The number of carbonyl (C=O) groups excluding carboxylic acids is 1. The average Bonchev–Trinajstić information content (AvgIpc) is 2.15. The summed E-state index contributed by atoms with van der Waals surface area (Å²) in [7, 11) is 0. The van der Waals surface area contributed by atoms with E-state index in [-0.39, 0.29) is 0 Å². The van der Waals surface area contributed by atoms with E-state index in [1.165, 1.54) is 0 Å². The van der Waals surface area contributed by atoms with Crippen molar-refractivity contribution in [1.82, 2.24) is 4.98 Å². The molecule has 0 aliphatic carbocycles. The Morgan fingerprint density at radius 2 is 2.31 bits per heavy atom. The van der Waals surface area contributed by atoms with Crippen LogP contribution in [-0.2, 0) is 6.42 Å². The van der Waals surface area contributed by atoms with Gasteiger partial charge in [0.1, 0.15) is 4.60 Å². The summed E-state index contributed by atoms with van der Waals surface area (Å²) in [5, 5.41) is 0. The number of aldehydes is 1. The molecule has 13 heavy (non-hydrogen) atoms. The largest absolute Gasteiger partial charge is 0.298 e. The Bertz CT molecular complexity index is 299. The number of carbonyl (C=O) groups is 1. The van der Waals surface area contributed by atoms with Crippen LogP contribution in [0.3, 0.4) is 0 Å². The van der Waals surface area contributed by atoms with Gasteiger partial charge in [0.15, 0.2) is 6.29 Å². The third-order valence-electron chi connectivity index (χ3n) is 1.85. The summed E-state index contributed by atoms with van der Waals surface area (Å²) in [5.41, 5.74) is 1.65. The monoisotopic (exact) mass is 241 g/mol. The van der Waals surface area contributed by atoms with Crippen LogP contribution < -0.4 is 0 Å². The molecule has 0 atom stereocenters. The van der Waals surface area contributed by atoms with Crippen LogP contribution >= 0.6 is 15.9 Å². The molecule has 3 heteroatoms. The third kappa shape index (κ3) is 2.92. The Balaban J connectivity index is 2.77. The summed E-state index contributed by atoms with van der Waals surface area (Å²) >= 11 is 3.26. The maximum Gasteiger partial charge on any atom is 0.152 e. The van der Waals surface area contributed by atoms with Crippen molar-refractivity contribution in [3.63, 3.8) is 0 Å². The lowest BCUT2D eigenvalue weighted by atomic mass is 10.2. The molecule has 1 heterocycles. The van der Waals surface area contributed by atoms with Crippen LogP contribution in [0.5, 0.6) is 0 Å². The van der Waals surface area contributed by atoms with Crippen molar-refractivity contribution in [3.8, 4) is 0 Å². The second-order valence-corrected chi connectivity index (χ2v) is 3.66. The summed E-state index contributed by atoms with van der Waals surface area (Å²) < 4.78 is 0.649. The Morgan fingerprint density at radius 3 is 2.85 bits per heavy atom. The molecule has 0 N–H and O–H groups in total. The number of nitrogens with zero attached hydrogens (tertiary/aromatic N) is 1. The fourth-order valence-electron chi connectivity index (χ4n) is 1.07. The van der Waals surface area contributed by atoms with Crippen molar-refractivity contribution < 1.29 is 4.79 Å². The summed E-state index contributed by atoms with van der Waals surface area (Å²) in [6.07, 6.45) is 4.09. The first-order valence-electron chi connectivity index (χ1n) is 4.38. The zero-order chi connectivity index (χ0) is 9.68. The van der Waals surface area contributed by atoms with Crippen LogP contribution in [0.4, 0.5) is 0 Å². The van der Waals surface area contributed by atoms with Crippen LogP contribution in [0.15, 0.2) is 16.7 Å². The fraction of sp³-hybridized carbons (Fsp3) is 0.400. The first-order valence-corrected chi connectivity index (χ1v) is 5.17. The number of halogens is 1. The molecule has 0 amide bonds. The lowest BCUT2D eigenvalue weighted by Crippen LogP contribution is -1.93. The van der Waals surface area contributed by atoms with E-state index in [0.717, 1.165) is 31.2 Å². The normalized spacial score (nSPS) is 10.0. The number of aromatic nitrogens is 1. The van der Waals surface area contributed by atoms with Gasteiger partial charge in [-0.25, -0.2) is 4.98 Å². The minimum Gasteiger partial charge on any atom is -0.298 e. The summed E-state index contributed by atoms with van der Waals surface area (Å²) in [6.45, 7) is 2.15. The number of pyridine rings is 1. The van der Waals surface area contributed by atoms with Crippen LogP contribution in [0.2, 0.25) is 0 Å². The van der Waals surface area contributed by atoms with Gasteiger partial charge in [-0.3, -0.25) is 4.79 Å². The second kappa shape index (κ2) is 5.12. The van der Waals surface area contributed by atoms with Crippen LogP contribution in [0.25, 0.3) is 0 Å². The number of unbranched alkanes of at least 4 members (excludes halogenated alkanes) is 1. The first-order chi connectivity index (χ1) is 6.27. The Kier molecular flexibility index (Phi) is 4.09. The molecule has 0 bridgehead atoms. The van der Waals surface area contributed by atoms with E-state index in [4.69, 9.17) is 0 Å². The highest BCUT2D eigenvalue weighted by molar-refractivity contribution is 9.10. The van der Waals surface area contributed by atoms with Gasteiger partial charge in [0.25, 0.3) is 0 Å². The van der Waals surface area contributed by atoms with Crippen molar-refractivity contribution in [2.75, 3.05) is 0 Å². The quantitative estimate of drug-likeness (QED) is 0.600. The topological polar surface area (TPSA) is 30.0 Å². The highest BCUT2D eigenvalue weighted by Gasteiger charge is 2.01. The maximum absolute atomic E-state index is 10.5. The van der Waals surface area contributed by atoms with Crippen molar-refractivity contribution in [2.45, 2.75) is 26.2 Å². The van der Waals surface area contributed by atoms with E-state index >= 15 is 0 Å². The predicted octanol–water partition coefficient (Wildman–Crippen LogP) is 3.00. The van der Waals surface area contributed by atoms with E-state index in [1.54, 1.807) is 6.07 Å². The van der Waals surface area contributed by atoms with Gasteiger partial charge in [0.05, 0.1) is 0 Å². The van der Waals surface area contributed by atoms with Crippen LogP contribution in [-0.4, -0.2) is 11.3 Å². The molecule has 0 aliphatic heterocycles. The highest BCUT2D eigenvalue weighted by Crippen LogP contribution is 2.13. The third-order valence-corrected chi connectivity index (χ3v) is 2.48. The average molecular weight is 242 g/mol. The van der Waals surface area contributed by atoms with E-state index in [2.05, 4.69) is 27.8 Å². The molecule has 0 aromatic carbocycles. The summed E-state index contributed by atoms with van der Waals surface area (Å²) in [6, 6.07) is 3.71. The molecule has 0 spiro atoms. The molecule has 1 aromatic rings. The second-order valence-electron chi connectivity index (χ2n) is 2.90. The summed E-state index contributed by atoms with van der Waals surface area (Å²) in [5.74, 6) is 0. The highest BCUT2D eigenvalue weighted by atomic mass is 79.9. The standard InChI is InChI=1S/C10H12BrNO/c1-2-3-4-9-6-5-8(7-13)10(11)12-9/h5-7H,2-4H2,1H3. The SMILES string of the molecule is CCCCc1ccc(C=O)c(Br)n1. The molecular weight excluding hydrogens is 230 g/mol. The summed E-state index contributed by atoms with van der Waals surface area (Å²) in [4.78, 5) is 14.7. The molecule has 0 unspecified atom stereocenters. The first kappa shape index (κ1) is 10.4. The van der Waals surface area contributed by atoms with Gasteiger partial charge in [-0.15, -0.1) is 0 Å². The smallest absolute Gasteiger partial charge is 0.152 e. The van der Waals surface area contributed by atoms with Gasteiger partial charge in [0, 0.05) is 11.3 Å². The van der Waals surface area contributed by atoms with Gasteiger partial charge in [-0.05, 0) is 40.9 Å². The minimum atomic E-state index is 0.611. The van der Waals surface area contributed by atoms with E-state index in [1.807, 2.05) is 6.07 Å². The van der Waals surface area contributed by atoms with Gasteiger partial charge >= 0.3 is 0 Å². The lowest BCUT2D eigenvalue weighted by molar-refractivity contribution is 0.112. The number of hydrogen-bond acceptors (Lipinski definition) is 2. The molecule has 0 radical (unpaired) electrons. The number of aryl methyl sites for hydroxylation is 1. The van der Waals surface area contributed by atoms with E-state index in [0.29, 0.717) is 10.2 Å². The Labute approximate surface area is 86.5 Å². The number of rotatable bonds is 4. The zero-order valence-corrected chi connectivity index (χ0v) is 9.17. The Hall–Kier alpha value is -0.700. The molecule has 1 aromatic heterocycles. The van der Waals surface area contributed by atoms with Gasteiger partial charge < -0.3 is 0 Å². The molecule has 0 saturated heterocycles. The molecule has 0 fully saturated rings. The van der Waals surface area contributed by atoms with E-state index in [9.17, 15) is 4.79 Å². The molecular formula is C10H12BrNO. The van der Waals surface area contributed by atoms with Crippen LogP contribution in [0, 0.1) is 0 Å². The molecule has 0 saturated carbocycles. The zero-order valence-electron chi connectivity index (χ0n) is 7.59. The number of hydrogen-bond donors (Lipinski definition) is 0. The molecule has 70 valence electrons. The maximum atomic E-state index is 10.5. The molecule has 0 aliphatic rings.